The summed E-state index contributed by atoms with van der Waals surface area (Å²) in [6.45, 7) is 4.01. The Hall–Kier alpha value is -3.70. The first-order valence-electron chi connectivity index (χ1n) is 11.7. The molecule has 0 unspecified atom stereocenters. The fraction of sp³-hybridized carbons (Fsp3) is 0.320. The van der Waals surface area contributed by atoms with Gasteiger partial charge in [-0.15, -0.1) is 0 Å². The second kappa shape index (κ2) is 9.75. The summed E-state index contributed by atoms with van der Waals surface area (Å²) in [6.07, 6.45) is 5.07. The lowest BCUT2D eigenvalue weighted by atomic mass is 10.1. The minimum Gasteiger partial charge on any atom is -0.495 e. The molecule has 0 spiro atoms. The Bertz CT molecular complexity index is 1480. The summed E-state index contributed by atoms with van der Waals surface area (Å²) in [6, 6.07) is 13.4. The van der Waals surface area contributed by atoms with Crippen molar-refractivity contribution in [1.29, 1.82) is 0 Å². The van der Waals surface area contributed by atoms with Crippen molar-refractivity contribution in [3.05, 3.63) is 66.2 Å². The Morgan fingerprint density at radius 1 is 1.03 bits per heavy atom. The van der Waals surface area contributed by atoms with Gasteiger partial charge >= 0.3 is 0 Å². The number of methoxy groups -OCH3 is 1. The lowest BCUT2D eigenvalue weighted by molar-refractivity contribution is 0.311. The van der Waals surface area contributed by atoms with Crippen LogP contribution in [-0.2, 0) is 16.4 Å². The van der Waals surface area contributed by atoms with Crippen LogP contribution in [0.5, 0.6) is 5.75 Å². The van der Waals surface area contributed by atoms with Crippen LogP contribution in [0.1, 0.15) is 11.4 Å². The summed E-state index contributed by atoms with van der Waals surface area (Å²) in [4.78, 5) is 13.7. The predicted molar refractivity (Wildman–Crippen MR) is 140 cm³/mol. The maximum Gasteiger partial charge on any atom is 0.229 e. The van der Waals surface area contributed by atoms with Crippen LogP contribution in [0.25, 0.3) is 16.9 Å². The van der Waals surface area contributed by atoms with Crippen molar-refractivity contribution in [2.45, 2.75) is 6.42 Å². The van der Waals surface area contributed by atoms with E-state index in [0.717, 1.165) is 60.7 Å². The van der Waals surface area contributed by atoms with Crippen molar-refractivity contribution in [2.75, 3.05) is 56.2 Å². The molecular formula is C25H29N7O3S. The molecule has 0 atom stereocenters. The number of ether oxygens (including phenoxy) is 1. The van der Waals surface area contributed by atoms with E-state index >= 15 is 0 Å². The number of fused-ring (bicyclic) bond motifs is 1. The van der Waals surface area contributed by atoms with Crippen molar-refractivity contribution in [1.82, 2.24) is 24.5 Å². The van der Waals surface area contributed by atoms with Crippen LogP contribution in [-0.4, -0.2) is 79.5 Å². The summed E-state index contributed by atoms with van der Waals surface area (Å²) in [5, 5.41) is 4.74. The zero-order valence-electron chi connectivity index (χ0n) is 20.5. The summed E-state index contributed by atoms with van der Waals surface area (Å²) in [5.41, 5.74) is 4.92. The summed E-state index contributed by atoms with van der Waals surface area (Å²) >= 11 is 0. The van der Waals surface area contributed by atoms with Crippen molar-refractivity contribution < 1.29 is 13.2 Å². The number of rotatable bonds is 7. The second-order valence-electron chi connectivity index (χ2n) is 9.02. The largest absolute Gasteiger partial charge is 0.495 e. The van der Waals surface area contributed by atoms with Crippen LogP contribution >= 0.6 is 0 Å². The van der Waals surface area contributed by atoms with Crippen molar-refractivity contribution >= 4 is 27.0 Å². The molecule has 5 rings (SSSR count). The third-order valence-electron chi connectivity index (χ3n) is 6.23. The second-order valence-corrected chi connectivity index (χ2v) is 10.8. The van der Waals surface area contributed by atoms with Crippen LogP contribution in [0.4, 0.5) is 11.4 Å². The minimum atomic E-state index is -3.34. The number of hydrogen-bond acceptors (Lipinski definition) is 8. The van der Waals surface area contributed by atoms with Gasteiger partial charge in [0.05, 0.1) is 37.1 Å². The Labute approximate surface area is 210 Å². The Morgan fingerprint density at radius 3 is 2.47 bits per heavy atom. The van der Waals surface area contributed by atoms with E-state index < -0.39 is 10.0 Å². The number of piperazine rings is 1. The highest BCUT2D eigenvalue weighted by molar-refractivity contribution is 7.92. The van der Waals surface area contributed by atoms with E-state index in [4.69, 9.17) is 9.84 Å². The fourth-order valence-electron chi connectivity index (χ4n) is 4.38. The van der Waals surface area contributed by atoms with E-state index in [9.17, 15) is 8.42 Å². The van der Waals surface area contributed by atoms with Gasteiger partial charge in [-0.3, -0.25) is 9.71 Å². The molecule has 1 aliphatic heterocycles. The molecule has 0 aliphatic carbocycles. The highest BCUT2D eigenvalue weighted by Gasteiger charge is 2.18. The van der Waals surface area contributed by atoms with Gasteiger partial charge < -0.3 is 14.5 Å². The van der Waals surface area contributed by atoms with Gasteiger partial charge in [0.25, 0.3) is 0 Å². The molecule has 36 heavy (non-hydrogen) atoms. The fourth-order valence-corrected chi connectivity index (χ4v) is 4.94. The predicted octanol–water partition coefficient (Wildman–Crippen LogP) is 2.51. The number of benzene rings is 2. The first-order chi connectivity index (χ1) is 17.3. The van der Waals surface area contributed by atoms with Gasteiger partial charge in [-0.25, -0.2) is 17.9 Å². The lowest BCUT2D eigenvalue weighted by Crippen LogP contribution is -2.44. The summed E-state index contributed by atoms with van der Waals surface area (Å²) in [5.74, 6) is 1.53. The van der Waals surface area contributed by atoms with E-state index in [1.807, 2.05) is 12.1 Å². The van der Waals surface area contributed by atoms with Gasteiger partial charge in [-0.1, -0.05) is 18.2 Å². The Morgan fingerprint density at radius 2 is 1.78 bits per heavy atom. The number of nitrogens with zero attached hydrogens (tertiary/aromatic N) is 6. The number of sulfonamides is 1. The molecule has 10 nitrogen and oxygen atoms in total. The number of hydrogen-bond donors (Lipinski definition) is 1. The molecule has 0 saturated carbocycles. The van der Waals surface area contributed by atoms with Crippen LogP contribution in [0.15, 0.2) is 54.9 Å². The Kier molecular flexibility index (Phi) is 6.50. The average Bonchev–Trinajstić information content (AvgIpc) is 3.27. The number of anilines is 2. The average molecular weight is 508 g/mol. The van der Waals surface area contributed by atoms with Gasteiger partial charge in [0.2, 0.25) is 10.0 Å². The quantitative estimate of drug-likeness (QED) is 0.407. The van der Waals surface area contributed by atoms with E-state index in [1.165, 1.54) is 0 Å². The molecule has 1 saturated heterocycles. The van der Waals surface area contributed by atoms with E-state index in [2.05, 4.69) is 49.7 Å². The molecule has 0 amide bonds. The van der Waals surface area contributed by atoms with E-state index in [0.29, 0.717) is 23.6 Å². The molecule has 1 aliphatic rings. The highest BCUT2D eigenvalue weighted by Crippen LogP contribution is 2.31. The van der Waals surface area contributed by atoms with Crippen LogP contribution in [0, 0.1) is 0 Å². The topological polar surface area (TPSA) is 105 Å². The van der Waals surface area contributed by atoms with Crippen LogP contribution in [0.3, 0.4) is 0 Å². The third kappa shape index (κ3) is 5.26. The number of nitrogens with one attached hydrogen (secondary N) is 1. The molecule has 1 N–H and O–H groups in total. The van der Waals surface area contributed by atoms with Crippen LogP contribution in [0.2, 0.25) is 0 Å². The normalized spacial score (nSPS) is 14.8. The first-order valence-corrected chi connectivity index (χ1v) is 13.6. The van der Waals surface area contributed by atoms with E-state index in [1.54, 1.807) is 36.2 Å². The zero-order chi connectivity index (χ0) is 25.3. The molecule has 2 aromatic carbocycles. The van der Waals surface area contributed by atoms with Gasteiger partial charge in [-0.2, -0.15) is 5.10 Å². The van der Waals surface area contributed by atoms with Gasteiger partial charge in [0, 0.05) is 43.9 Å². The molecule has 3 heterocycles. The maximum absolute atomic E-state index is 11.5. The molecule has 0 bridgehead atoms. The third-order valence-corrected chi connectivity index (χ3v) is 6.83. The van der Waals surface area contributed by atoms with Crippen LogP contribution < -0.4 is 14.4 Å². The van der Waals surface area contributed by atoms with Crippen molar-refractivity contribution in [3.8, 4) is 17.0 Å². The number of aromatic nitrogens is 4. The van der Waals surface area contributed by atoms with E-state index in [-0.39, 0.29) is 0 Å². The Balaban J connectivity index is 1.39. The first kappa shape index (κ1) is 24.0. The molecule has 0 radical (unpaired) electrons. The van der Waals surface area contributed by atoms with Gasteiger partial charge in [0.15, 0.2) is 11.5 Å². The highest BCUT2D eigenvalue weighted by atomic mass is 32.2. The SMILES string of the molecule is COc1cc(Cc2nc3cncc(-c4ccc(NS(C)(=O)=O)cc4)n3n2)ccc1N1CCN(C)CC1. The summed E-state index contributed by atoms with van der Waals surface area (Å²) < 4.78 is 32.9. The standard InChI is InChI=1S/C25H29N7O3S/c1-30-10-12-31(13-11-30)21-9-4-18(14-23(21)35-2)15-24-27-25-17-26-16-22(32(25)28-24)19-5-7-20(8-6-19)29-36(3,33)34/h4-9,14,16-17,29H,10-13,15H2,1-3H3. The van der Waals surface area contributed by atoms with Crippen molar-refractivity contribution in [2.24, 2.45) is 0 Å². The molecule has 188 valence electrons. The molecule has 11 heteroatoms. The zero-order valence-corrected chi connectivity index (χ0v) is 21.4. The summed E-state index contributed by atoms with van der Waals surface area (Å²) in [7, 11) is 0.514. The molecule has 1 fully saturated rings. The number of likely N-dealkylation sites (N-methyl/N-ethyl adjacent to an activating group) is 1. The maximum atomic E-state index is 11.5. The van der Waals surface area contributed by atoms with Gasteiger partial charge in [0.1, 0.15) is 5.75 Å². The molecule has 4 aromatic rings. The van der Waals surface area contributed by atoms with Crippen molar-refractivity contribution in [3.63, 3.8) is 0 Å². The molecular weight excluding hydrogens is 478 g/mol. The smallest absolute Gasteiger partial charge is 0.229 e. The molecule has 2 aromatic heterocycles. The monoisotopic (exact) mass is 507 g/mol. The van der Waals surface area contributed by atoms with Gasteiger partial charge in [-0.05, 0) is 36.9 Å². The minimum absolute atomic E-state index is 0.495. The lowest BCUT2D eigenvalue weighted by Gasteiger charge is -2.34.